The Hall–Kier alpha value is -3.83. The quantitative estimate of drug-likeness (QED) is 0.412. The van der Waals surface area contributed by atoms with Gasteiger partial charge in [-0.3, -0.25) is 14.5 Å². The van der Waals surface area contributed by atoms with Gasteiger partial charge >= 0.3 is 0 Å². The molecule has 5 nitrogen and oxygen atoms in total. The van der Waals surface area contributed by atoms with Crippen LogP contribution in [0.4, 0.5) is 5.69 Å². The molecular weight excluding hydrogens is 414 g/mol. The van der Waals surface area contributed by atoms with E-state index in [1.165, 1.54) is 4.90 Å². The number of rotatable bonds is 4. The molecule has 1 aromatic heterocycles. The number of hydrogen-bond acceptors (Lipinski definition) is 4. The van der Waals surface area contributed by atoms with E-state index >= 15 is 0 Å². The van der Waals surface area contributed by atoms with Gasteiger partial charge in [0.15, 0.2) is 11.5 Å². The average molecular weight is 430 g/mol. The molecule has 4 aromatic rings. The molecule has 0 saturated carbocycles. The molecule has 0 saturated heterocycles. The number of aliphatic hydroxyl groups is 1. The zero-order valence-electron chi connectivity index (χ0n) is 16.2. The van der Waals surface area contributed by atoms with Crippen LogP contribution in [0.2, 0.25) is 5.02 Å². The Balaban J connectivity index is 1.65. The molecule has 1 aliphatic rings. The first-order chi connectivity index (χ1) is 15.0. The van der Waals surface area contributed by atoms with Crippen molar-refractivity contribution >= 4 is 39.9 Å². The number of para-hydroxylation sites is 1. The highest BCUT2D eigenvalue weighted by Crippen LogP contribution is 2.42. The Morgan fingerprint density at radius 3 is 2.32 bits per heavy atom. The fourth-order valence-corrected chi connectivity index (χ4v) is 4.01. The van der Waals surface area contributed by atoms with Gasteiger partial charge in [-0.25, -0.2) is 0 Å². The summed E-state index contributed by atoms with van der Waals surface area (Å²) in [7, 11) is 0. The lowest BCUT2D eigenvalue weighted by molar-refractivity contribution is -0.117. The summed E-state index contributed by atoms with van der Waals surface area (Å²) in [4.78, 5) is 28.0. The summed E-state index contributed by atoms with van der Waals surface area (Å²) in [5.74, 6) is -1.72. The molecule has 3 aromatic carbocycles. The predicted octanol–water partition coefficient (Wildman–Crippen LogP) is 5.87. The van der Waals surface area contributed by atoms with Crippen molar-refractivity contribution in [3.63, 3.8) is 0 Å². The maximum atomic E-state index is 13.5. The number of furan rings is 1. The summed E-state index contributed by atoms with van der Waals surface area (Å²) in [6, 6.07) is 23.8. The van der Waals surface area contributed by atoms with Crippen molar-refractivity contribution in [2.45, 2.75) is 6.04 Å². The van der Waals surface area contributed by atoms with Gasteiger partial charge in [-0.05, 0) is 42.0 Å². The third-order valence-electron chi connectivity index (χ3n) is 5.32. The second kappa shape index (κ2) is 7.45. The molecule has 2 heterocycles. The van der Waals surface area contributed by atoms with E-state index in [4.69, 9.17) is 16.0 Å². The van der Waals surface area contributed by atoms with Crippen molar-refractivity contribution < 1.29 is 19.1 Å². The number of amides is 1. The maximum Gasteiger partial charge on any atom is 0.294 e. The molecule has 6 heteroatoms. The lowest BCUT2D eigenvalue weighted by Gasteiger charge is -2.26. The van der Waals surface area contributed by atoms with Gasteiger partial charge in [-0.15, -0.1) is 0 Å². The van der Waals surface area contributed by atoms with Crippen LogP contribution >= 0.6 is 11.6 Å². The van der Waals surface area contributed by atoms with Gasteiger partial charge in [-0.2, -0.15) is 0 Å². The first-order valence-corrected chi connectivity index (χ1v) is 10.0. The number of hydrogen-bond donors (Lipinski definition) is 1. The van der Waals surface area contributed by atoms with E-state index < -0.39 is 23.5 Å². The first-order valence-electron chi connectivity index (χ1n) is 9.65. The standard InChI is InChI=1S/C25H16ClNO4/c26-17-10-12-18(13-11-17)27-22(15-6-2-1-3-7-15)21(24(29)25(27)30)23(28)20-14-16-8-4-5-9-19(16)31-20/h1-14,22,29H. The molecule has 152 valence electrons. The van der Waals surface area contributed by atoms with Crippen LogP contribution in [0.5, 0.6) is 0 Å². The summed E-state index contributed by atoms with van der Waals surface area (Å²) in [6.07, 6.45) is 0. The smallest absolute Gasteiger partial charge is 0.294 e. The zero-order chi connectivity index (χ0) is 21.5. The van der Waals surface area contributed by atoms with Crippen molar-refractivity contribution in [1.29, 1.82) is 0 Å². The fourth-order valence-electron chi connectivity index (χ4n) is 3.88. The maximum absolute atomic E-state index is 13.5. The normalized spacial score (nSPS) is 16.4. The molecule has 1 unspecified atom stereocenters. The van der Waals surface area contributed by atoms with E-state index in [-0.39, 0.29) is 11.3 Å². The van der Waals surface area contributed by atoms with Gasteiger partial charge in [0, 0.05) is 16.1 Å². The molecule has 0 spiro atoms. The molecular formula is C25H16ClNO4. The van der Waals surface area contributed by atoms with Crippen LogP contribution in [0.25, 0.3) is 11.0 Å². The first kappa shape index (κ1) is 19.2. The van der Waals surface area contributed by atoms with Gasteiger partial charge in [0.2, 0.25) is 5.78 Å². The number of anilines is 1. The molecule has 5 rings (SSSR count). The highest BCUT2D eigenvalue weighted by atomic mass is 35.5. The van der Waals surface area contributed by atoms with Crippen LogP contribution in [-0.4, -0.2) is 16.8 Å². The van der Waals surface area contributed by atoms with E-state index in [1.54, 1.807) is 36.4 Å². The van der Waals surface area contributed by atoms with Gasteiger partial charge in [0.1, 0.15) is 5.58 Å². The van der Waals surface area contributed by atoms with Crippen LogP contribution in [-0.2, 0) is 4.79 Å². The van der Waals surface area contributed by atoms with Crippen molar-refractivity contribution in [1.82, 2.24) is 0 Å². The minimum Gasteiger partial charge on any atom is -0.503 e. The highest BCUT2D eigenvalue weighted by molar-refractivity contribution is 6.30. The van der Waals surface area contributed by atoms with Crippen LogP contribution in [0.3, 0.4) is 0 Å². The molecule has 0 aliphatic carbocycles. The average Bonchev–Trinajstić information content (AvgIpc) is 3.34. The summed E-state index contributed by atoms with van der Waals surface area (Å²) in [6.45, 7) is 0. The Labute approximate surface area is 182 Å². The van der Waals surface area contributed by atoms with E-state index in [0.717, 1.165) is 5.39 Å². The number of ketones is 1. The molecule has 1 aliphatic heterocycles. The number of nitrogens with zero attached hydrogens (tertiary/aromatic N) is 1. The molecule has 31 heavy (non-hydrogen) atoms. The molecule has 1 N–H and O–H groups in total. The summed E-state index contributed by atoms with van der Waals surface area (Å²) in [5.41, 5.74) is 1.74. The molecule has 0 bridgehead atoms. The number of halogens is 1. The van der Waals surface area contributed by atoms with Crippen molar-refractivity contribution in [2.24, 2.45) is 0 Å². The topological polar surface area (TPSA) is 70.8 Å². The monoisotopic (exact) mass is 429 g/mol. The summed E-state index contributed by atoms with van der Waals surface area (Å²) in [5, 5.41) is 12.1. The Morgan fingerprint density at radius 1 is 0.935 bits per heavy atom. The Bertz CT molecular complexity index is 1310. The second-order valence-electron chi connectivity index (χ2n) is 7.20. The van der Waals surface area contributed by atoms with Gasteiger partial charge < -0.3 is 9.52 Å². The lowest BCUT2D eigenvalue weighted by Crippen LogP contribution is -2.31. The molecule has 0 fully saturated rings. The van der Waals surface area contributed by atoms with Gasteiger partial charge in [0.25, 0.3) is 5.91 Å². The third kappa shape index (κ3) is 3.20. The van der Waals surface area contributed by atoms with Crippen molar-refractivity contribution in [2.75, 3.05) is 4.90 Å². The number of benzene rings is 3. The number of aliphatic hydroxyl groups excluding tert-OH is 1. The Kier molecular flexibility index (Phi) is 4.60. The lowest BCUT2D eigenvalue weighted by atomic mass is 9.95. The van der Waals surface area contributed by atoms with E-state index in [9.17, 15) is 14.7 Å². The summed E-state index contributed by atoms with van der Waals surface area (Å²) < 4.78 is 5.72. The Morgan fingerprint density at radius 2 is 1.61 bits per heavy atom. The number of carbonyl (C=O) groups is 2. The van der Waals surface area contributed by atoms with Crippen LogP contribution in [0.15, 0.2) is 101 Å². The second-order valence-corrected chi connectivity index (χ2v) is 7.64. The highest BCUT2D eigenvalue weighted by Gasteiger charge is 2.45. The van der Waals surface area contributed by atoms with Gasteiger partial charge in [0.05, 0.1) is 11.6 Å². The van der Waals surface area contributed by atoms with Crippen LogP contribution < -0.4 is 4.90 Å². The van der Waals surface area contributed by atoms with E-state index in [1.807, 2.05) is 48.5 Å². The fraction of sp³-hybridized carbons (Fsp3) is 0.0400. The van der Waals surface area contributed by atoms with Crippen LogP contribution in [0.1, 0.15) is 22.2 Å². The molecule has 0 radical (unpaired) electrons. The number of Topliss-reactive ketones (excluding diaryl/α,β-unsaturated/α-hetero) is 1. The molecule has 1 atom stereocenters. The minimum atomic E-state index is -0.810. The van der Waals surface area contributed by atoms with Crippen LogP contribution in [0, 0.1) is 0 Å². The van der Waals surface area contributed by atoms with E-state index in [0.29, 0.717) is 21.9 Å². The number of fused-ring (bicyclic) bond motifs is 1. The van der Waals surface area contributed by atoms with Crippen molar-refractivity contribution in [3.8, 4) is 0 Å². The van der Waals surface area contributed by atoms with Crippen molar-refractivity contribution in [3.05, 3.63) is 113 Å². The SMILES string of the molecule is O=C(C1=C(O)C(=O)N(c2ccc(Cl)cc2)C1c1ccccc1)c1cc2ccccc2o1. The summed E-state index contributed by atoms with van der Waals surface area (Å²) >= 11 is 6.00. The predicted molar refractivity (Wildman–Crippen MR) is 118 cm³/mol. The number of carbonyl (C=O) groups excluding carboxylic acids is 2. The van der Waals surface area contributed by atoms with E-state index in [2.05, 4.69) is 0 Å². The molecule has 1 amide bonds. The third-order valence-corrected chi connectivity index (χ3v) is 5.57. The largest absolute Gasteiger partial charge is 0.503 e. The minimum absolute atomic E-state index is 0.0230. The zero-order valence-corrected chi connectivity index (χ0v) is 16.9. The van der Waals surface area contributed by atoms with Gasteiger partial charge in [-0.1, -0.05) is 60.1 Å².